The van der Waals surface area contributed by atoms with E-state index < -0.39 is 38.9 Å². The fraction of sp³-hybridized carbons (Fsp3) is 0.235. The number of thiazole rings is 1. The van der Waals surface area contributed by atoms with Crippen molar-refractivity contribution >= 4 is 49.7 Å². The summed E-state index contributed by atoms with van der Waals surface area (Å²) in [5, 5.41) is 7.19. The predicted octanol–water partition coefficient (Wildman–Crippen LogP) is 4.32. The number of sulfonamides is 1. The van der Waals surface area contributed by atoms with Gasteiger partial charge in [-0.15, -0.1) is 11.3 Å². The summed E-state index contributed by atoms with van der Waals surface area (Å²) < 4.78 is 66.8. The number of nitrogens with one attached hydrogen (secondary N) is 2. The molecule has 166 valence electrons. The summed E-state index contributed by atoms with van der Waals surface area (Å²) >= 11 is 6.83. The minimum absolute atomic E-state index is 0.00801. The molecule has 31 heavy (non-hydrogen) atoms. The molecule has 0 aliphatic heterocycles. The summed E-state index contributed by atoms with van der Waals surface area (Å²) in [5.74, 6) is -0.660. The minimum atomic E-state index is -4.75. The second kappa shape index (κ2) is 8.48. The third-order valence-electron chi connectivity index (χ3n) is 4.18. The van der Waals surface area contributed by atoms with Crippen molar-refractivity contribution in [3.05, 3.63) is 52.3 Å². The topological polar surface area (TPSA) is 106 Å². The lowest BCUT2D eigenvalue weighted by atomic mass is 10.2. The lowest BCUT2D eigenvalue weighted by Crippen LogP contribution is -2.25. The zero-order valence-electron chi connectivity index (χ0n) is 15.9. The van der Waals surface area contributed by atoms with Gasteiger partial charge in [0.25, 0.3) is 10.0 Å². The number of carbonyl (C=O) groups is 1. The van der Waals surface area contributed by atoms with Crippen molar-refractivity contribution in [3.8, 4) is 0 Å². The quantitative estimate of drug-likeness (QED) is 0.532. The number of aromatic nitrogens is 3. The Morgan fingerprint density at radius 2 is 1.90 bits per heavy atom. The molecule has 0 aliphatic carbocycles. The Labute approximate surface area is 184 Å². The first-order chi connectivity index (χ1) is 14.4. The van der Waals surface area contributed by atoms with Crippen LogP contribution >= 0.6 is 22.9 Å². The molecule has 1 unspecified atom stereocenters. The van der Waals surface area contributed by atoms with Crippen molar-refractivity contribution in [3.63, 3.8) is 0 Å². The van der Waals surface area contributed by atoms with Gasteiger partial charge in [0.05, 0.1) is 15.6 Å². The summed E-state index contributed by atoms with van der Waals surface area (Å²) in [6, 6.07) is 4.14. The van der Waals surface area contributed by atoms with Crippen LogP contribution in [0.1, 0.15) is 24.4 Å². The number of nitrogens with zero attached hydrogens (tertiary/aromatic N) is 3. The number of benzene rings is 1. The summed E-state index contributed by atoms with van der Waals surface area (Å²) in [7, 11) is -3.86. The highest BCUT2D eigenvalue weighted by Gasteiger charge is 2.39. The molecule has 2 N–H and O–H groups in total. The molecule has 3 rings (SSSR count). The van der Waals surface area contributed by atoms with Crippen molar-refractivity contribution in [2.24, 2.45) is 0 Å². The Hall–Kier alpha value is -2.64. The highest BCUT2D eigenvalue weighted by Crippen LogP contribution is 2.36. The van der Waals surface area contributed by atoms with Crippen LogP contribution in [-0.2, 0) is 21.0 Å². The molecule has 0 spiro atoms. The Morgan fingerprint density at radius 3 is 2.42 bits per heavy atom. The second-order valence-corrected chi connectivity index (χ2v) is 9.28. The average Bonchev–Trinajstić information content (AvgIpc) is 3.29. The smallest absolute Gasteiger partial charge is 0.324 e. The number of halogens is 4. The van der Waals surface area contributed by atoms with E-state index in [0.29, 0.717) is 0 Å². The molecule has 1 aromatic carbocycles. The maximum absolute atomic E-state index is 13.0. The third-order valence-corrected chi connectivity index (χ3v) is 6.80. The first kappa shape index (κ1) is 23.0. The van der Waals surface area contributed by atoms with Crippen LogP contribution < -0.4 is 10.0 Å². The molecule has 2 heterocycles. The number of rotatable bonds is 6. The van der Waals surface area contributed by atoms with Gasteiger partial charge in [-0.05, 0) is 38.1 Å². The van der Waals surface area contributed by atoms with Crippen molar-refractivity contribution in [1.29, 1.82) is 0 Å². The SMILES string of the molecule is Cc1c(Cl)c(C(F)(F)F)nn1C(C)C(=O)Nc1ccc(S(=O)(=O)Nc2nccs2)cc1. The van der Waals surface area contributed by atoms with E-state index in [2.05, 4.69) is 20.1 Å². The van der Waals surface area contributed by atoms with Crippen molar-refractivity contribution < 1.29 is 26.4 Å². The Bertz CT molecular complexity index is 1190. The van der Waals surface area contributed by atoms with Crippen LogP contribution in [0.15, 0.2) is 40.7 Å². The largest absolute Gasteiger partial charge is 0.436 e. The van der Waals surface area contributed by atoms with Crippen molar-refractivity contribution in [2.45, 2.75) is 31.0 Å². The van der Waals surface area contributed by atoms with Crippen LogP contribution in [0.25, 0.3) is 0 Å². The molecule has 0 bridgehead atoms. The first-order valence-electron chi connectivity index (χ1n) is 8.55. The molecule has 1 amide bonds. The fourth-order valence-corrected chi connectivity index (χ4v) is 4.60. The Morgan fingerprint density at radius 1 is 1.26 bits per heavy atom. The van der Waals surface area contributed by atoms with Crippen LogP contribution in [-0.4, -0.2) is 29.1 Å². The summed E-state index contributed by atoms with van der Waals surface area (Å²) in [4.78, 5) is 16.3. The molecule has 2 aromatic heterocycles. The van der Waals surface area contributed by atoms with Gasteiger partial charge in [-0.3, -0.25) is 14.2 Å². The van der Waals surface area contributed by atoms with E-state index in [1.54, 1.807) is 5.38 Å². The van der Waals surface area contributed by atoms with Gasteiger partial charge in [0.1, 0.15) is 6.04 Å². The first-order valence-corrected chi connectivity index (χ1v) is 11.3. The number of alkyl halides is 3. The van der Waals surface area contributed by atoms with Crippen LogP contribution in [0, 0.1) is 6.92 Å². The highest BCUT2D eigenvalue weighted by molar-refractivity contribution is 7.93. The lowest BCUT2D eigenvalue weighted by molar-refractivity contribution is -0.141. The third kappa shape index (κ3) is 4.99. The molecular weight excluding hydrogens is 479 g/mol. The van der Waals surface area contributed by atoms with Crippen LogP contribution in [0.3, 0.4) is 0 Å². The minimum Gasteiger partial charge on any atom is -0.324 e. The molecular formula is C17H15ClF3N5O3S2. The van der Waals surface area contributed by atoms with Gasteiger partial charge < -0.3 is 5.32 Å². The van der Waals surface area contributed by atoms with Crippen molar-refractivity contribution in [2.75, 3.05) is 10.0 Å². The Kier molecular flexibility index (Phi) is 6.30. The summed E-state index contributed by atoms with van der Waals surface area (Å²) in [5.41, 5.74) is -1.03. The van der Waals surface area contributed by atoms with E-state index in [1.165, 1.54) is 44.3 Å². The van der Waals surface area contributed by atoms with Gasteiger partial charge >= 0.3 is 6.18 Å². The molecule has 0 fully saturated rings. The number of anilines is 2. The second-order valence-electron chi connectivity index (χ2n) is 6.32. The number of hydrogen-bond acceptors (Lipinski definition) is 6. The van der Waals surface area contributed by atoms with E-state index in [-0.39, 0.29) is 21.4 Å². The zero-order valence-corrected chi connectivity index (χ0v) is 18.3. The normalized spacial score (nSPS) is 13.1. The predicted molar refractivity (Wildman–Crippen MR) is 110 cm³/mol. The van der Waals surface area contributed by atoms with Gasteiger partial charge in [-0.2, -0.15) is 18.3 Å². The lowest BCUT2D eigenvalue weighted by Gasteiger charge is -2.15. The number of carbonyl (C=O) groups excluding carboxylic acids is 1. The fourth-order valence-electron chi connectivity index (χ4n) is 2.58. The molecule has 0 saturated carbocycles. The van der Waals surface area contributed by atoms with Gasteiger partial charge in [-0.1, -0.05) is 11.6 Å². The van der Waals surface area contributed by atoms with E-state index in [9.17, 15) is 26.4 Å². The summed E-state index contributed by atoms with van der Waals surface area (Å²) in [6.07, 6.45) is -3.30. The maximum atomic E-state index is 13.0. The molecule has 1 atom stereocenters. The molecule has 0 radical (unpaired) electrons. The van der Waals surface area contributed by atoms with Crippen LogP contribution in [0.4, 0.5) is 24.0 Å². The van der Waals surface area contributed by atoms with Crippen molar-refractivity contribution in [1.82, 2.24) is 14.8 Å². The Balaban J connectivity index is 1.74. The number of amides is 1. The van der Waals surface area contributed by atoms with E-state index >= 15 is 0 Å². The van der Waals surface area contributed by atoms with Crippen LogP contribution in [0.2, 0.25) is 5.02 Å². The van der Waals surface area contributed by atoms with E-state index in [4.69, 9.17) is 11.6 Å². The van der Waals surface area contributed by atoms with Gasteiger partial charge in [0.15, 0.2) is 10.8 Å². The molecule has 8 nitrogen and oxygen atoms in total. The molecule has 3 aromatic rings. The molecule has 14 heteroatoms. The van der Waals surface area contributed by atoms with E-state index in [0.717, 1.165) is 16.0 Å². The van der Waals surface area contributed by atoms with Crippen LogP contribution in [0.5, 0.6) is 0 Å². The van der Waals surface area contributed by atoms with Gasteiger partial charge in [-0.25, -0.2) is 13.4 Å². The maximum Gasteiger partial charge on any atom is 0.436 e. The summed E-state index contributed by atoms with van der Waals surface area (Å²) in [6.45, 7) is 2.69. The highest BCUT2D eigenvalue weighted by atomic mass is 35.5. The monoisotopic (exact) mass is 493 g/mol. The molecule has 0 saturated heterocycles. The zero-order chi connectivity index (χ0) is 23.0. The molecule has 0 aliphatic rings. The van der Waals surface area contributed by atoms with Gasteiger partial charge in [0.2, 0.25) is 5.91 Å². The van der Waals surface area contributed by atoms with E-state index in [1.807, 2.05) is 0 Å². The number of hydrogen-bond donors (Lipinski definition) is 2. The van der Waals surface area contributed by atoms with Gasteiger partial charge in [0, 0.05) is 17.3 Å². The average molecular weight is 494 g/mol. The standard InChI is InChI=1S/C17H15ClF3N5O3S2/c1-9-13(18)14(17(19,20)21)24-26(9)10(2)15(27)23-11-3-5-12(6-4-11)31(28,29)25-16-22-7-8-30-16/h3-8,10H,1-2H3,(H,22,25)(H,23,27).